The minimum Gasteiger partial charge on any atom is -0.308 e. The van der Waals surface area contributed by atoms with Gasteiger partial charge in [-0.25, -0.2) is 0 Å². The zero-order valence-electron chi connectivity index (χ0n) is 12.8. The molecule has 0 bridgehead atoms. The predicted molar refractivity (Wildman–Crippen MR) is 78.4 cm³/mol. The predicted octanol–water partition coefficient (Wildman–Crippen LogP) is 1.62. The third-order valence-corrected chi connectivity index (χ3v) is 3.29. The highest BCUT2D eigenvalue weighted by Crippen LogP contribution is 2.19. The molecule has 0 radical (unpaired) electrons. The smallest absolute Gasteiger partial charge is 0.0846 e. The zero-order chi connectivity index (χ0) is 14.5. The average molecular weight is 276 g/mol. The molecule has 110 valence electrons. The van der Waals surface area contributed by atoms with E-state index in [1.54, 1.807) is 4.68 Å². The van der Waals surface area contributed by atoms with E-state index in [1.807, 2.05) is 20.2 Å². The van der Waals surface area contributed by atoms with E-state index >= 15 is 0 Å². The van der Waals surface area contributed by atoms with Gasteiger partial charge in [-0.3, -0.25) is 9.36 Å². The summed E-state index contributed by atoms with van der Waals surface area (Å²) in [7, 11) is 1.89. The average Bonchev–Trinajstić information content (AvgIpc) is 3.00. The second kappa shape index (κ2) is 6.65. The van der Waals surface area contributed by atoms with Crippen molar-refractivity contribution in [1.82, 2.24) is 30.1 Å². The zero-order valence-corrected chi connectivity index (χ0v) is 12.8. The van der Waals surface area contributed by atoms with E-state index in [0.717, 1.165) is 37.3 Å². The molecule has 0 aliphatic carbocycles. The van der Waals surface area contributed by atoms with Crippen LogP contribution in [0.1, 0.15) is 43.4 Å². The first kappa shape index (κ1) is 14.7. The van der Waals surface area contributed by atoms with Crippen LogP contribution in [0.3, 0.4) is 0 Å². The van der Waals surface area contributed by atoms with E-state index in [-0.39, 0.29) is 6.04 Å². The van der Waals surface area contributed by atoms with E-state index in [0.29, 0.717) is 0 Å². The Morgan fingerprint density at radius 2 is 2.15 bits per heavy atom. The summed E-state index contributed by atoms with van der Waals surface area (Å²) in [5.74, 6) is 0. The van der Waals surface area contributed by atoms with Crippen molar-refractivity contribution < 1.29 is 0 Å². The fourth-order valence-corrected chi connectivity index (χ4v) is 2.40. The van der Waals surface area contributed by atoms with Crippen LogP contribution in [0.5, 0.6) is 0 Å². The Bertz CT molecular complexity index is 542. The first-order chi connectivity index (χ1) is 9.63. The molecule has 0 aromatic carbocycles. The van der Waals surface area contributed by atoms with Crippen LogP contribution in [0.4, 0.5) is 0 Å². The molecule has 2 aromatic heterocycles. The molecule has 1 atom stereocenters. The summed E-state index contributed by atoms with van der Waals surface area (Å²) in [5.41, 5.74) is 3.29. The normalized spacial score (nSPS) is 12.8. The molecule has 2 rings (SSSR count). The minimum absolute atomic E-state index is 0.229. The summed E-state index contributed by atoms with van der Waals surface area (Å²) < 4.78 is 3.81. The van der Waals surface area contributed by atoms with Gasteiger partial charge in [-0.15, -0.1) is 5.10 Å². The SMILES string of the molecule is CCCNC(Cc1cn(C)nn1)c1cc(C)nn1CC. The highest BCUT2D eigenvalue weighted by Gasteiger charge is 2.18. The third kappa shape index (κ3) is 3.45. The fourth-order valence-electron chi connectivity index (χ4n) is 2.40. The number of aryl methyl sites for hydroxylation is 3. The molecule has 20 heavy (non-hydrogen) atoms. The third-order valence-electron chi connectivity index (χ3n) is 3.29. The Morgan fingerprint density at radius 1 is 1.35 bits per heavy atom. The van der Waals surface area contributed by atoms with Crippen LogP contribution in [-0.4, -0.2) is 31.3 Å². The maximum Gasteiger partial charge on any atom is 0.0846 e. The molecule has 0 saturated carbocycles. The van der Waals surface area contributed by atoms with Crippen molar-refractivity contribution in [3.05, 3.63) is 29.3 Å². The number of rotatable bonds is 7. The molecule has 0 amide bonds. The van der Waals surface area contributed by atoms with Crippen LogP contribution in [0.2, 0.25) is 0 Å². The summed E-state index contributed by atoms with van der Waals surface area (Å²) in [4.78, 5) is 0. The van der Waals surface area contributed by atoms with E-state index in [1.165, 1.54) is 5.69 Å². The topological polar surface area (TPSA) is 60.6 Å². The van der Waals surface area contributed by atoms with Crippen LogP contribution in [0.25, 0.3) is 0 Å². The molecule has 0 fully saturated rings. The summed E-state index contributed by atoms with van der Waals surface area (Å²) >= 11 is 0. The van der Waals surface area contributed by atoms with Gasteiger partial charge < -0.3 is 5.32 Å². The molecule has 0 aliphatic heterocycles. The van der Waals surface area contributed by atoms with Crippen LogP contribution in [0, 0.1) is 6.92 Å². The van der Waals surface area contributed by atoms with Gasteiger partial charge in [-0.2, -0.15) is 5.10 Å². The lowest BCUT2D eigenvalue weighted by molar-refractivity contribution is 0.475. The number of nitrogens with zero attached hydrogens (tertiary/aromatic N) is 5. The maximum atomic E-state index is 4.54. The van der Waals surface area contributed by atoms with Gasteiger partial charge in [-0.05, 0) is 32.9 Å². The molecular formula is C14H24N6. The van der Waals surface area contributed by atoms with Gasteiger partial charge in [0.15, 0.2) is 0 Å². The fraction of sp³-hybridized carbons (Fsp3) is 0.643. The maximum absolute atomic E-state index is 4.54. The molecule has 2 aromatic rings. The van der Waals surface area contributed by atoms with Gasteiger partial charge in [0, 0.05) is 26.2 Å². The summed E-state index contributed by atoms with van der Waals surface area (Å²) in [6.45, 7) is 8.20. The monoisotopic (exact) mass is 276 g/mol. The molecule has 6 heteroatoms. The molecule has 6 nitrogen and oxygen atoms in total. The standard InChI is InChI=1S/C14H24N6/c1-5-7-15-13(9-12-10-19(4)18-16-12)14-8-11(3)17-20(14)6-2/h8,10,13,15H,5-7,9H2,1-4H3. The lowest BCUT2D eigenvalue weighted by Gasteiger charge is -2.18. The number of aromatic nitrogens is 5. The lowest BCUT2D eigenvalue weighted by atomic mass is 10.1. The molecule has 0 spiro atoms. The Balaban J connectivity index is 2.21. The largest absolute Gasteiger partial charge is 0.308 e. The van der Waals surface area contributed by atoms with E-state index in [4.69, 9.17) is 0 Å². The molecule has 0 saturated heterocycles. The quantitative estimate of drug-likeness (QED) is 0.835. The highest BCUT2D eigenvalue weighted by molar-refractivity contribution is 5.15. The van der Waals surface area contributed by atoms with E-state index in [9.17, 15) is 0 Å². The molecule has 1 N–H and O–H groups in total. The second-order valence-electron chi connectivity index (χ2n) is 5.12. The van der Waals surface area contributed by atoms with Gasteiger partial charge in [-0.1, -0.05) is 12.1 Å². The Morgan fingerprint density at radius 3 is 2.75 bits per heavy atom. The van der Waals surface area contributed by atoms with E-state index in [2.05, 4.69) is 45.3 Å². The van der Waals surface area contributed by atoms with Crippen molar-refractivity contribution in [3.63, 3.8) is 0 Å². The van der Waals surface area contributed by atoms with Gasteiger partial charge in [0.1, 0.15) is 0 Å². The van der Waals surface area contributed by atoms with Gasteiger partial charge in [0.05, 0.1) is 23.1 Å². The van der Waals surface area contributed by atoms with Crippen molar-refractivity contribution in [2.75, 3.05) is 6.54 Å². The Kier molecular flexibility index (Phi) is 4.89. The highest BCUT2D eigenvalue weighted by atomic mass is 15.4. The van der Waals surface area contributed by atoms with Crippen LogP contribution in [-0.2, 0) is 20.0 Å². The summed E-state index contributed by atoms with van der Waals surface area (Å²) in [5, 5.41) is 16.3. The van der Waals surface area contributed by atoms with Crippen molar-refractivity contribution in [1.29, 1.82) is 0 Å². The summed E-state index contributed by atoms with van der Waals surface area (Å²) in [6, 6.07) is 2.39. The van der Waals surface area contributed by atoms with Crippen LogP contribution >= 0.6 is 0 Å². The number of hydrogen-bond acceptors (Lipinski definition) is 4. The molecule has 1 unspecified atom stereocenters. The van der Waals surface area contributed by atoms with Gasteiger partial charge in [0.25, 0.3) is 0 Å². The van der Waals surface area contributed by atoms with Crippen LogP contribution in [0.15, 0.2) is 12.3 Å². The van der Waals surface area contributed by atoms with Gasteiger partial charge in [0.2, 0.25) is 0 Å². The van der Waals surface area contributed by atoms with Crippen LogP contribution < -0.4 is 5.32 Å². The Hall–Kier alpha value is -1.69. The lowest BCUT2D eigenvalue weighted by Crippen LogP contribution is -2.26. The van der Waals surface area contributed by atoms with E-state index < -0.39 is 0 Å². The Labute approximate surface area is 120 Å². The first-order valence-electron chi connectivity index (χ1n) is 7.27. The molecular weight excluding hydrogens is 252 g/mol. The molecule has 2 heterocycles. The number of nitrogens with one attached hydrogen (secondary N) is 1. The minimum atomic E-state index is 0.229. The van der Waals surface area contributed by atoms with Gasteiger partial charge >= 0.3 is 0 Å². The molecule has 0 aliphatic rings. The summed E-state index contributed by atoms with van der Waals surface area (Å²) in [6.07, 6.45) is 3.91. The van der Waals surface area contributed by atoms with Crippen molar-refractivity contribution in [3.8, 4) is 0 Å². The second-order valence-corrected chi connectivity index (χ2v) is 5.12. The first-order valence-corrected chi connectivity index (χ1v) is 7.27. The number of hydrogen-bond donors (Lipinski definition) is 1. The van der Waals surface area contributed by atoms with Crippen molar-refractivity contribution >= 4 is 0 Å². The van der Waals surface area contributed by atoms with Crippen molar-refractivity contribution in [2.24, 2.45) is 7.05 Å². The van der Waals surface area contributed by atoms with Crippen molar-refractivity contribution in [2.45, 2.75) is 46.2 Å².